The van der Waals surface area contributed by atoms with Crippen molar-refractivity contribution in [3.8, 4) is 0 Å². The molecule has 2 atom stereocenters. The highest BCUT2D eigenvalue weighted by molar-refractivity contribution is 5.87. The molecule has 0 bridgehead atoms. The van der Waals surface area contributed by atoms with Crippen LogP contribution in [0, 0.1) is 5.92 Å². The fourth-order valence-electron chi connectivity index (χ4n) is 2.08. The van der Waals surface area contributed by atoms with Gasteiger partial charge in [0.25, 0.3) is 0 Å². The number of benzene rings is 1. The Balaban J connectivity index is 1.93. The van der Waals surface area contributed by atoms with Crippen LogP contribution in [0.2, 0.25) is 0 Å². The van der Waals surface area contributed by atoms with E-state index in [1.54, 1.807) is 0 Å². The molecule has 0 heterocycles. The second-order valence-corrected chi connectivity index (χ2v) is 4.47. The maximum atomic E-state index is 11.8. The minimum absolute atomic E-state index is 0.166. The third-order valence-electron chi connectivity index (χ3n) is 3.14. The first kappa shape index (κ1) is 11.8. The number of hydrogen-bond acceptors (Lipinski definition) is 3. The Labute approximate surface area is 101 Å². The van der Waals surface area contributed by atoms with Crippen LogP contribution in [-0.2, 0) is 14.3 Å². The molecule has 0 radical (unpaired) electrons. The van der Waals surface area contributed by atoms with Crippen molar-refractivity contribution in [1.82, 2.24) is 0 Å². The Morgan fingerprint density at radius 3 is 2.65 bits per heavy atom. The Morgan fingerprint density at radius 1 is 1.35 bits per heavy atom. The van der Waals surface area contributed by atoms with Crippen molar-refractivity contribution in [2.24, 2.45) is 5.92 Å². The average Bonchev–Trinajstić information content (AvgIpc) is 2.77. The van der Waals surface area contributed by atoms with E-state index in [2.05, 4.69) is 0 Å². The smallest absolute Gasteiger partial charge is 0.309 e. The van der Waals surface area contributed by atoms with Gasteiger partial charge in [-0.2, -0.15) is 0 Å². The standard InChI is InChI=1S/C14H16O3/c1-10(11-5-3-2-4-6-11)17-14(16)12-7-8-13(15)9-12/h2-6,10,12H,7-9H2,1H3/t10-,12-/m0/s1. The topological polar surface area (TPSA) is 43.4 Å². The highest BCUT2D eigenvalue weighted by atomic mass is 16.5. The average molecular weight is 232 g/mol. The molecule has 17 heavy (non-hydrogen) atoms. The Hall–Kier alpha value is -1.64. The normalized spacial score (nSPS) is 21.2. The van der Waals surface area contributed by atoms with Crippen LogP contribution < -0.4 is 0 Å². The number of ether oxygens (including phenoxy) is 1. The van der Waals surface area contributed by atoms with Gasteiger partial charge in [0.15, 0.2) is 0 Å². The SMILES string of the molecule is C[C@H](OC(=O)[C@H]1CCC(=O)C1)c1ccccc1. The predicted octanol–water partition coefficient (Wildman–Crippen LogP) is 2.66. The Bertz CT molecular complexity index is 411. The van der Waals surface area contributed by atoms with Gasteiger partial charge in [0.1, 0.15) is 11.9 Å². The molecule has 3 nitrogen and oxygen atoms in total. The number of carbonyl (C=O) groups is 2. The lowest BCUT2D eigenvalue weighted by Crippen LogP contribution is -2.17. The van der Waals surface area contributed by atoms with Gasteiger partial charge in [-0.05, 0) is 18.9 Å². The van der Waals surface area contributed by atoms with Crippen LogP contribution in [0.15, 0.2) is 30.3 Å². The van der Waals surface area contributed by atoms with E-state index in [0.29, 0.717) is 19.3 Å². The van der Waals surface area contributed by atoms with Gasteiger partial charge in [-0.3, -0.25) is 9.59 Å². The molecule has 2 rings (SSSR count). The maximum absolute atomic E-state index is 11.8. The van der Waals surface area contributed by atoms with Gasteiger partial charge in [0.2, 0.25) is 0 Å². The number of hydrogen-bond donors (Lipinski definition) is 0. The summed E-state index contributed by atoms with van der Waals surface area (Å²) in [5.74, 6) is -0.305. The lowest BCUT2D eigenvalue weighted by molar-refractivity contribution is -0.153. The molecule has 0 aromatic heterocycles. The number of esters is 1. The largest absolute Gasteiger partial charge is 0.458 e. The molecule has 0 unspecified atom stereocenters. The van der Waals surface area contributed by atoms with E-state index in [1.165, 1.54) is 0 Å². The summed E-state index contributed by atoms with van der Waals surface area (Å²) in [5.41, 5.74) is 0.977. The van der Waals surface area contributed by atoms with Gasteiger partial charge < -0.3 is 4.74 Å². The predicted molar refractivity (Wildman–Crippen MR) is 63.3 cm³/mol. The van der Waals surface area contributed by atoms with E-state index in [-0.39, 0.29) is 23.8 Å². The maximum Gasteiger partial charge on any atom is 0.309 e. The number of rotatable bonds is 3. The fraction of sp³-hybridized carbons (Fsp3) is 0.429. The van der Waals surface area contributed by atoms with Gasteiger partial charge >= 0.3 is 5.97 Å². The van der Waals surface area contributed by atoms with Crippen molar-refractivity contribution in [2.75, 3.05) is 0 Å². The molecule has 0 spiro atoms. The number of carbonyl (C=O) groups excluding carboxylic acids is 2. The highest BCUT2D eigenvalue weighted by Gasteiger charge is 2.30. The third kappa shape index (κ3) is 2.93. The molecular formula is C14H16O3. The molecule has 0 N–H and O–H groups in total. The first-order chi connectivity index (χ1) is 8.16. The van der Waals surface area contributed by atoms with Crippen LogP contribution in [0.25, 0.3) is 0 Å². The molecule has 90 valence electrons. The molecule has 1 fully saturated rings. The summed E-state index contributed by atoms with van der Waals surface area (Å²) in [6, 6.07) is 9.61. The summed E-state index contributed by atoms with van der Waals surface area (Å²) in [4.78, 5) is 22.9. The van der Waals surface area contributed by atoms with E-state index in [1.807, 2.05) is 37.3 Å². The lowest BCUT2D eigenvalue weighted by atomic mass is 10.1. The van der Waals surface area contributed by atoms with E-state index in [9.17, 15) is 9.59 Å². The van der Waals surface area contributed by atoms with Crippen LogP contribution >= 0.6 is 0 Å². The third-order valence-corrected chi connectivity index (χ3v) is 3.14. The number of Topliss-reactive ketones (excluding diaryl/α,β-unsaturated/α-hetero) is 1. The molecule has 1 aliphatic rings. The van der Waals surface area contributed by atoms with Gasteiger partial charge in [-0.1, -0.05) is 30.3 Å². The Kier molecular flexibility index (Phi) is 3.57. The van der Waals surface area contributed by atoms with E-state index in [0.717, 1.165) is 5.56 Å². The van der Waals surface area contributed by atoms with Gasteiger partial charge in [0.05, 0.1) is 5.92 Å². The summed E-state index contributed by atoms with van der Waals surface area (Å²) in [5, 5.41) is 0. The zero-order chi connectivity index (χ0) is 12.3. The monoisotopic (exact) mass is 232 g/mol. The summed E-state index contributed by atoms with van der Waals surface area (Å²) >= 11 is 0. The first-order valence-electron chi connectivity index (χ1n) is 5.94. The zero-order valence-electron chi connectivity index (χ0n) is 9.89. The molecule has 0 aliphatic heterocycles. The summed E-state index contributed by atoms with van der Waals surface area (Å²) in [6.07, 6.45) is 1.25. The van der Waals surface area contributed by atoms with Crippen LogP contribution in [0.1, 0.15) is 37.9 Å². The second kappa shape index (κ2) is 5.13. The molecule has 3 heteroatoms. The minimum atomic E-state index is -0.251. The van der Waals surface area contributed by atoms with Gasteiger partial charge in [0, 0.05) is 12.8 Å². The molecule has 1 aromatic carbocycles. The van der Waals surface area contributed by atoms with Crippen molar-refractivity contribution in [3.63, 3.8) is 0 Å². The van der Waals surface area contributed by atoms with Crippen molar-refractivity contribution in [1.29, 1.82) is 0 Å². The molecule has 1 aliphatic carbocycles. The molecule has 1 saturated carbocycles. The van der Waals surface area contributed by atoms with Gasteiger partial charge in [-0.25, -0.2) is 0 Å². The van der Waals surface area contributed by atoms with Crippen LogP contribution in [0.3, 0.4) is 0 Å². The van der Waals surface area contributed by atoms with E-state index >= 15 is 0 Å². The summed E-state index contributed by atoms with van der Waals surface area (Å²) in [6.45, 7) is 1.85. The van der Waals surface area contributed by atoms with E-state index in [4.69, 9.17) is 4.74 Å². The highest BCUT2D eigenvalue weighted by Crippen LogP contribution is 2.26. The second-order valence-electron chi connectivity index (χ2n) is 4.47. The zero-order valence-corrected chi connectivity index (χ0v) is 9.89. The van der Waals surface area contributed by atoms with Gasteiger partial charge in [-0.15, -0.1) is 0 Å². The van der Waals surface area contributed by atoms with Crippen LogP contribution in [0.5, 0.6) is 0 Å². The van der Waals surface area contributed by atoms with Crippen LogP contribution in [-0.4, -0.2) is 11.8 Å². The van der Waals surface area contributed by atoms with E-state index < -0.39 is 0 Å². The fourth-order valence-corrected chi connectivity index (χ4v) is 2.08. The molecule has 0 amide bonds. The lowest BCUT2D eigenvalue weighted by Gasteiger charge is -2.16. The van der Waals surface area contributed by atoms with Crippen molar-refractivity contribution >= 4 is 11.8 Å². The summed E-state index contributed by atoms with van der Waals surface area (Å²) in [7, 11) is 0. The summed E-state index contributed by atoms with van der Waals surface area (Å²) < 4.78 is 5.38. The minimum Gasteiger partial charge on any atom is -0.458 e. The Morgan fingerprint density at radius 2 is 2.06 bits per heavy atom. The van der Waals surface area contributed by atoms with Crippen LogP contribution in [0.4, 0.5) is 0 Å². The quantitative estimate of drug-likeness (QED) is 0.752. The van der Waals surface area contributed by atoms with Crippen molar-refractivity contribution < 1.29 is 14.3 Å². The molecular weight excluding hydrogens is 216 g/mol. The number of ketones is 1. The van der Waals surface area contributed by atoms with Crippen molar-refractivity contribution in [2.45, 2.75) is 32.3 Å². The first-order valence-corrected chi connectivity index (χ1v) is 5.94. The molecule has 0 saturated heterocycles. The van der Waals surface area contributed by atoms with Crippen molar-refractivity contribution in [3.05, 3.63) is 35.9 Å². The molecule has 1 aromatic rings.